The molecule has 1 saturated heterocycles. The Kier molecular flexibility index (Phi) is 5.33. The van der Waals surface area contributed by atoms with Gasteiger partial charge in [0.05, 0.1) is 12.9 Å². The molecule has 1 aliphatic rings. The number of halogens is 1. The highest BCUT2D eigenvalue weighted by atomic mass is 127. The second kappa shape index (κ2) is 7.75. The number of aliphatic hydroxyl groups excluding tert-OH is 3. The van der Waals surface area contributed by atoms with Crippen molar-refractivity contribution in [2.24, 2.45) is 0 Å². The number of rotatable bonds is 5. The van der Waals surface area contributed by atoms with E-state index in [-0.39, 0.29) is 5.75 Å². The molecule has 0 amide bonds. The Morgan fingerprint density at radius 2 is 2.00 bits per heavy atom. The number of hydrogen-bond acceptors (Lipinski definition) is 9. The summed E-state index contributed by atoms with van der Waals surface area (Å²) in [6, 6.07) is 5.30. The molecule has 5 N–H and O–H groups in total. The topological polar surface area (TPSA) is 146 Å². The summed E-state index contributed by atoms with van der Waals surface area (Å²) in [7, 11) is 0. The second-order valence-electron chi connectivity index (χ2n) is 6.40. The van der Waals surface area contributed by atoms with Gasteiger partial charge in [-0.1, -0.05) is 0 Å². The average Bonchev–Trinajstić information content (AvgIpc) is 3.24. The van der Waals surface area contributed by atoms with Gasteiger partial charge in [-0.25, -0.2) is 15.0 Å². The van der Waals surface area contributed by atoms with Gasteiger partial charge in [0.1, 0.15) is 30.4 Å². The van der Waals surface area contributed by atoms with Gasteiger partial charge >= 0.3 is 0 Å². The van der Waals surface area contributed by atoms with Crippen LogP contribution in [0.2, 0.25) is 0 Å². The molecule has 1 aliphatic heterocycles. The smallest absolute Gasteiger partial charge is 0.167 e. The van der Waals surface area contributed by atoms with Gasteiger partial charge in [-0.05, 0) is 40.8 Å². The minimum atomic E-state index is -1.23. The first-order valence-corrected chi connectivity index (χ1v) is 9.58. The monoisotopic (exact) mass is 499 g/mol. The number of anilines is 1. The van der Waals surface area contributed by atoms with Crippen LogP contribution in [-0.2, 0) is 11.3 Å². The van der Waals surface area contributed by atoms with Crippen molar-refractivity contribution in [1.29, 1.82) is 0 Å². The minimum absolute atomic E-state index is 0.176. The Labute approximate surface area is 173 Å². The van der Waals surface area contributed by atoms with Gasteiger partial charge in [-0.3, -0.25) is 4.57 Å². The fraction of sp³-hybridized carbons (Fsp3) is 0.353. The summed E-state index contributed by atoms with van der Waals surface area (Å²) >= 11 is 2.17. The Balaban J connectivity index is 1.61. The molecule has 3 heterocycles. The zero-order valence-electron chi connectivity index (χ0n) is 14.5. The van der Waals surface area contributed by atoms with E-state index in [4.69, 9.17) is 4.74 Å². The van der Waals surface area contributed by atoms with Crippen molar-refractivity contribution in [3.8, 4) is 5.75 Å². The molecule has 0 radical (unpaired) electrons. The van der Waals surface area contributed by atoms with Gasteiger partial charge in [0.25, 0.3) is 0 Å². The van der Waals surface area contributed by atoms with Gasteiger partial charge in [0, 0.05) is 15.7 Å². The van der Waals surface area contributed by atoms with E-state index in [1.807, 2.05) is 12.1 Å². The Morgan fingerprint density at radius 3 is 2.75 bits per heavy atom. The fourth-order valence-corrected chi connectivity index (χ4v) is 3.71. The number of hydrogen-bond donors (Lipinski definition) is 5. The van der Waals surface area contributed by atoms with E-state index in [0.29, 0.717) is 29.1 Å². The molecule has 148 valence electrons. The molecule has 1 fully saturated rings. The van der Waals surface area contributed by atoms with E-state index in [0.717, 1.165) is 3.57 Å². The molecule has 0 spiro atoms. The lowest BCUT2D eigenvalue weighted by molar-refractivity contribution is -0.0511. The lowest BCUT2D eigenvalue weighted by Gasteiger charge is -2.16. The molecule has 11 heteroatoms. The van der Waals surface area contributed by atoms with Gasteiger partial charge in [0.2, 0.25) is 0 Å². The van der Waals surface area contributed by atoms with E-state index in [1.54, 1.807) is 6.07 Å². The molecule has 10 nitrogen and oxygen atoms in total. The molecule has 1 aromatic carbocycles. The molecule has 4 atom stereocenters. The highest BCUT2D eigenvalue weighted by Crippen LogP contribution is 2.32. The molecule has 0 unspecified atom stereocenters. The molecule has 0 saturated carbocycles. The maximum atomic E-state index is 10.2. The van der Waals surface area contributed by atoms with Gasteiger partial charge in [-0.15, -0.1) is 0 Å². The molecule has 0 bridgehead atoms. The highest BCUT2D eigenvalue weighted by molar-refractivity contribution is 14.1. The van der Waals surface area contributed by atoms with Crippen molar-refractivity contribution in [1.82, 2.24) is 19.5 Å². The molecule has 4 rings (SSSR count). The average molecular weight is 499 g/mol. The zero-order chi connectivity index (χ0) is 19.8. The van der Waals surface area contributed by atoms with E-state index >= 15 is 0 Å². The van der Waals surface area contributed by atoms with Crippen molar-refractivity contribution in [3.05, 3.63) is 40.0 Å². The number of nitrogens with one attached hydrogen (secondary N) is 1. The van der Waals surface area contributed by atoms with Crippen molar-refractivity contribution >= 4 is 39.6 Å². The van der Waals surface area contributed by atoms with Crippen molar-refractivity contribution in [3.63, 3.8) is 0 Å². The van der Waals surface area contributed by atoms with Crippen LogP contribution in [-0.4, -0.2) is 64.9 Å². The first kappa shape index (κ1) is 19.3. The third-order valence-corrected chi connectivity index (χ3v) is 5.31. The summed E-state index contributed by atoms with van der Waals surface area (Å²) in [4.78, 5) is 12.7. The summed E-state index contributed by atoms with van der Waals surface area (Å²) in [6.45, 7) is -0.0853. The number of phenols is 1. The van der Waals surface area contributed by atoms with Gasteiger partial charge in [0.15, 0.2) is 23.2 Å². The van der Waals surface area contributed by atoms with Crippen LogP contribution in [0.3, 0.4) is 0 Å². The van der Waals surface area contributed by atoms with Crippen molar-refractivity contribution in [2.45, 2.75) is 31.1 Å². The van der Waals surface area contributed by atoms with Crippen molar-refractivity contribution < 1.29 is 25.2 Å². The molecule has 3 aromatic rings. The summed E-state index contributed by atoms with van der Waals surface area (Å²) in [6.07, 6.45) is -1.48. The number of nitrogens with zero attached hydrogens (tertiary/aromatic N) is 4. The first-order valence-electron chi connectivity index (χ1n) is 8.51. The Morgan fingerprint density at radius 1 is 1.18 bits per heavy atom. The minimum Gasteiger partial charge on any atom is -0.508 e. The van der Waals surface area contributed by atoms with E-state index < -0.39 is 31.1 Å². The number of ether oxygens (including phenoxy) is 1. The predicted molar refractivity (Wildman–Crippen MR) is 106 cm³/mol. The predicted octanol–water partition coefficient (Wildman–Crippen LogP) is 0.360. The van der Waals surface area contributed by atoms with Gasteiger partial charge in [-0.2, -0.15) is 0 Å². The van der Waals surface area contributed by atoms with Crippen molar-refractivity contribution in [2.75, 3.05) is 11.9 Å². The summed E-state index contributed by atoms with van der Waals surface area (Å²) in [5.74, 6) is 0.629. The van der Waals surface area contributed by atoms with Crippen LogP contribution < -0.4 is 5.32 Å². The fourth-order valence-electron chi connectivity index (χ4n) is 3.15. The number of imidazole rings is 1. The third-order valence-electron chi connectivity index (χ3n) is 4.64. The van der Waals surface area contributed by atoms with Crippen LogP contribution in [0.25, 0.3) is 11.2 Å². The molecular formula is C17H18IN5O5. The molecular weight excluding hydrogens is 481 g/mol. The number of aromatic nitrogens is 4. The van der Waals surface area contributed by atoms with E-state index in [2.05, 4.69) is 42.9 Å². The van der Waals surface area contributed by atoms with Crippen LogP contribution in [0.15, 0.2) is 30.9 Å². The number of aliphatic hydroxyl groups is 3. The number of benzene rings is 1. The number of fused-ring (bicyclic) bond motifs is 1. The van der Waals surface area contributed by atoms with Crippen LogP contribution in [0, 0.1) is 3.57 Å². The summed E-state index contributed by atoms with van der Waals surface area (Å²) in [5.41, 5.74) is 1.56. The van der Waals surface area contributed by atoms with Gasteiger partial charge < -0.3 is 30.5 Å². The molecule has 0 aliphatic carbocycles. The van der Waals surface area contributed by atoms with E-state index in [1.165, 1.54) is 17.2 Å². The lowest BCUT2D eigenvalue weighted by atomic mass is 10.1. The standard InChI is InChI=1S/C17H18IN5O5/c18-9-1-2-10(25)8(3-9)4-19-15-12-16(21-6-20-15)23(7-22-12)17-14(27)13(26)11(5-24)28-17/h1-3,6-7,11,13-14,17,24-27H,4-5H2,(H,19,20,21)/t11-,13-,14+,17-/m1/s1. The van der Waals surface area contributed by atoms with E-state index in [9.17, 15) is 20.4 Å². The second-order valence-corrected chi connectivity index (χ2v) is 7.65. The third kappa shape index (κ3) is 3.39. The first-order chi connectivity index (χ1) is 13.5. The maximum Gasteiger partial charge on any atom is 0.167 e. The van der Waals surface area contributed by atoms with Crippen LogP contribution in [0.4, 0.5) is 5.82 Å². The normalized spacial score (nSPS) is 24.7. The summed E-state index contributed by atoms with van der Waals surface area (Å²) < 4.78 is 8.03. The Hall–Kier alpha value is -2.06. The largest absolute Gasteiger partial charge is 0.508 e. The number of aromatic hydroxyl groups is 1. The van der Waals surface area contributed by atoms with Crippen LogP contribution >= 0.6 is 22.6 Å². The molecule has 28 heavy (non-hydrogen) atoms. The molecule has 2 aromatic heterocycles. The SMILES string of the molecule is OC[C@H]1O[C@@H](n2cnc3c(NCc4cc(I)ccc4O)ncnc32)[C@@H](O)[C@@H]1O. The van der Waals surface area contributed by atoms with Crippen LogP contribution in [0.1, 0.15) is 11.8 Å². The Bertz CT molecular complexity index is 999. The zero-order valence-corrected chi connectivity index (χ0v) is 16.6. The quantitative estimate of drug-likeness (QED) is 0.314. The summed E-state index contributed by atoms with van der Waals surface area (Å²) in [5, 5.41) is 42.6. The lowest BCUT2D eigenvalue weighted by Crippen LogP contribution is -2.33. The highest BCUT2D eigenvalue weighted by Gasteiger charge is 2.44. The number of phenolic OH excluding ortho intramolecular Hbond substituents is 1. The maximum absolute atomic E-state index is 10.2. The van der Waals surface area contributed by atoms with Crippen LogP contribution in [0.5, 0.6) is 5.75 Å².